The van der Waals surface area contributed by atoms with Crippen LogP contribution in [0.25, 0.3) is 10.9 Å². The molecule has 51 heavy (non-hydrogen) atoms. The fourth-order valence-electron chi connectivity index (χ4n) is 8.79. The SMILES string of the molecule is c1ccc(B2c3ccccc3N(c3cccc4cccnc34)c3cc4c5c(c32)N(c2ccccc2)c2ccccc2B5c2ccccc2O4)cc1. The number of pyridine rings is 1. The highest BCUT2D eigenvalue weighted by Gasteiger charge is 2.47. The molecule has 8 aromatic rings. The van der Waals surface area contributed by atoms with Gasteiger partial charge in [-0.15, -0.1) is 0 Å². The fourth-order valence-corrected chi connectivity index (χ4v) is 8.79. The maximum Gasteiger partial charge on any atom is 0.256 e. The van der Waals surface area contributed by atoms with Crippen molar-refractivity contribution in [1.82, 2.24) is 4.98 Å². The predicted molar refractivity (Wildman–Crippen MR) is 213 cm³/mol. The minimum atomic E-state index is -0.0498. The van der Waals surface area contributed by atoms with Gasteiger partial charge in [0.15, 0.2) is 0 Å². The highest BCUT2D eigenvalue weighted by atomic mass is 16.5. The first-order valence-corrected chi connectivity index (χ1v) is 17.5. The summed E-state index contributed by atoms with van der Waals surface area (Å²) in [6.07, 6.45) is 1.89. The van der Waals surface area contributed by atoms with Gasteiger partial charge in [0.05, 0.1) is 11.2 Å². The van der Waals surface area contributed by atoms with Gasteiger partial charge in [0.25, 0.3) is 6.71 Å². The van der Waals surface area contributed by atoms with Crippen LogP contribution in [-0.2, 0) is 0 Å². The molecule has 3 aliphatic rings. The Morgan fingerprint density at radius 3 is 1.88 bits per heavy atom. The average molecular weight is 649 g/mol. The Kier molecular flexibility index (Phi) is 6.11. The van der Waals surface area contributed by atoms with Crippen molar-refractivity contribution in [2.75, 3.05) is 9.80 Å². The minimum absolute atomic E-state index is 0.00248. The molecule has 6 heteroatoms. The van der Waals surface area contributed by atoms with Gasteiger partial charge in [-0.25, -0.2) is 0 Å². The van der Waals surface area contributed by atoms with Crippen molar-refractivity contribution in [3.63, 3.8) is 0 Å². The van der Waals surface area contributed by atoms with E-state index in [0.717, 1.165) is 45.2 Å². The molecule has 3 aliphatic heterocycles. The van der Waals surface area contributed by atoms with Crippen LogP contribution in [-0.4, -0.2) is 18.4 Å². The Morgan fingerprint density at radius 1 is 0.451 bits per heavy atom. The Bertz CT molecular complexity index is 2660. The van der Waals surface area contributed by atoms with Crippen LogP contribution in [0.3, 0.4) is 0 Å². The van der Waals surface area contributed by atoms with Crippen molar-refractivity contribution in [2.24, 2.45) is 0 Å². The third-order valence-corrected chi connectivity index (χ3v) is 10.8. The van der Waals surface area contributed by atoms with E-state index in [2.05, 4.69) is 174 Å². The molecule has 0 amide bonds. The number of rotatable bonds is 3. The van der Waals surface area contributed by atoms with Crippen molar-refractivity contribution >= 4 is 91.2 Å². The smallest absolute Gasteiger partial charge is 0.256 e. The number of hydrogen-bond donors (Lipinski definition) is 0. The summed E-state index contributed by atoms with van der Waals surface area (Å²) in [4.78, 5) is 9.89. The second kappa shape index (κ2) is 11.0. The van der Waals surface area contributed by atoms with Crippen molar-refractivity contribution in [3.8, 4) is 11.5 Å². The molecule has 0 bridgehead atoms. The lowest BCUT2D eigenvalue weighted by Gasteiger charge is -2.45. The Balaban J connectivity index is 1.33. The summed E-state index contributed by atoms with van der Waals surface area (Å²) >= 11 is 0. The fraction of sp³-hybridized carbons (Fsp3) is 0. The molecule has 0 saturated carbocycles. The number of anilines is 6. The Morgan fingerprint density at radius 2 is 1.08 bits per heavy atom. The first-order valence-electron chi connectivity index (χ1n) is 17.5. The number of benzene rings is 7. The lowest BCUT2D eigenvalue weighted by molar-refractivity contribution is 0.488. The van der Waals surface area contributed by atoms with E-state index >= 15 is 0 Å². The third-order valence-electron chi connectivity index (χ3n) is 10.8. The van der Waals surface area contributed by atoms with Gasteiger partial charge in [0.2, 0.25) is 6.71 Å². The number of nitrogens with zero attached hydrogens (tertiary/aromatic N) is 3. The second-order valence-electron chi connectivity index (χ2n) is 13.5. The molecular formula is C45H29B2N3O. The van der Waals surface area contributed by atoms with Gasteiger partial charge < -0.3 is 14.5 Å². The maximum atomic E-state index is 7.02. The van der Waals surface area contributed by atoms with Gasteiger partial charge in [0.1, 0.15) is 11.5 Å². The van der Waals surface area contributed by atoms with Crippen LogP contribution in [0.1, 0.15) is 0 Å². The van der Waals surface area contributed by atoms with Crippen LogP contribution in [0.15, 0.2) is 176 Å². The molecule has 7 aromatic carbocycles. The molecule has 0 radical (unpaired) electrons. The molecule has 0 spiro atoms. The van der Waals surface area contributed by atoms with E-state index in [9.17, 15) is 0 Å². The van der Waals surface area contributed by atoms with E-state index in [1.54, 1.807) is 0 Å². The molecule has 0 aliphatic carbocycles. The topological polar surface area (TPSA) is 28.6 Å². The van der Waals surface area contributed by atoms with Crippen molar-refractivity contribution < 1.29 is 4.74 Å². The number of para-hydroxylation sites is 5. The molecule has 11 rings (SSSR count). The van der Waals surface area contributed by atoms with Crippen LogP contribution in [0.5, 0.6) is 11.5 Å². The lowest BCUT2D eigenvalue weighted by Crippen LogP contribution is -2.65. The molecule has 0 N–H and O–H groups in total. The monoisotopic (exact) mass is 649 g/mol. The number of hydrogen-bond acceptors (Lipinski definition) is 4. The van der Waals surface area contributed by atoms with Crippen LogP contribution in [0, 0.1) is 0 Å². The Hall–Kier alpha value is -6.52. The van der Waals surface area contributed by atoms with Gasteiger partial charge >= 0.3 is 0 Å². The molecule has 1 aromatic heterocycles. The standard InChI is InChI=1S/C45H29B2N3O/c1-3-17-31(18-4-1)46-33-21-7-11-25-37(33)50(38-26-13-15-30-16-14-28-48-44(30)38)39-29-41-43-45(42(39)46)49(32-19-5-2-6-20-32)36-24-10-8-22-34(36)47(43)35-23-9-12-27-40(35)51-41/h1-29H. The summed E-state index contributed by atoms with van der Waals surface area (Å²) in [5.41, 5.74) is 15.1. The van der Waals surface area contributed by atoms with E-state index in [4.69, 9.17) is 9.72 Å². The average Bonchev–Trinajstić information content (AvgIpc) is 3.20. The summed E-state index contributed by atoms with van der Waals surface area (Å²) in [6, 6.07) is 61.1. The first-order chi connectivity index (χ1) is 25.3. The zero-order chi connectivity index (χ0) is 33.5. The zero-order valence-corrected chi connectivity index (χ0v) is 27.6. The Labute approximate surface area is 297 Å². The largest absolute Gasteiger partial charge is 0.458 e. The summed E-state index contributed by atoms with van der Waals surface area (Å²) in [5.74, 6) is 1.78. The molecule has 0 fully saturated rings. The summed E-state index contributed by atoms with van der Waals surface area (Å²) in [5, 5.41) is 1.10. The van der Waals surface area contributed by atoms with E-state index in [1.807, 2.05) is 12.3 Å². The minimum Gasteiger partial charge on any atom is -0.458 e. The highest BCUT2D eigenvalue weighted by Crippen LogP contribution is 2.46. The molecule has 0 atom stereocenters. The molecule has 4 nitrogen and oxygen atoms in total. The predicted octanol–water partition coefficient (Wildman–Crippen LogP) is 6.94. The van der Waals surface area contributed by atoms with Crippen LogP contribution >= 0.6 is 0 Å². The summed E-state index contributed by atoms with van der Waals surface area (Å²) < 4.78 is 7.02. The van der Waals surface area contributed by atoms with Crippen molar-refractivity contribution in [3.05, 3.63) is 176 Å². The summed E-state index contributed by atoms with van der Waals surface area (Å²) in [7, 11) is 0. The number of fused-ring (bicyclic) bond motifs is 8. The molecular weight excluding hydrogens is 620 g/mol. The molecule has 4 heterocycles. The summed E-state index contributed by atoms with van der Waals surface area (Å²) in [6.45, 7) is -0.0474. The van der Waals surface area contributed by atoms with E-state index < -0.39 is 0 Å². The molecule has 236 valence electrons. The highest BCUT2D eigenvalue weighted by molar-refractivity contribution is 7.03. The quantitative estimate of drug-likeness (QED) is 0.194. The van der Waals surface area contributed by atoms with Gasteiger partial charge in [-0.2, -0.15) is 0 Å². The van der Waals surface area contributed by atoms with E-state index in [0.29, 0.717) is 0 Å². The van der Waals surface area contributed by atoms with Gasteiger partial charge in [-0.3, -0.25) is 4.98 Å². The second-order valence-corrected chi connectivity index (χ2v) is 13.5. The normalized spacial score (nSPS) is 13.5. The van der Waals surface area contributed by atoms with Gasteiger partial charge in [0, 0.05) is 46.1 Å². The van der Waals surface area contributed by atoms with Crippen molar-refractivity contribution in [1.29, 1.82) is 0 Å². The van der Waals surface area contributed by atoms with Crippen LogP contribution in [0.4, 0.5) is 34.1 Å². The van der Waals surface area contributed by atoms with Crippen LogP contribution < -0.4 is 47.3 Å². The van der Waals surface area contributed by atoms with Crippen LogP contribution in [0.2, 0.25) is 0 Å². The van der Waals surface area contributed by atoms with E-state index in [-0.39, 0.29) is 13.4 Å². The van der Waals surface area contributed by atoms with Gasteiger partial charge in [-0.1, -0.05) is 127 Å². The number of ether oxygens (including phenoxy) is 1. The maximum absolute atomic E-state index is 7.02. The zero-order valence-electron chi connectivity index (χ0n) is 27.6. The lowest BCUT2D eigenvalue weighted by atomic mass is 9.30. The first kappa shape index (κ1) is 28.3. The van der Waals surface area contributed by atoms with Gasteiger partial charge in [-0.05, 0) is 69.8 Å². The van der Waals surface area contributed by atoms with Crippen molar-refractivity contribution in [2.45, 2.75) is 0 Å². The third kappa shape index (κ3) is 4.08. The number of aromatic nitrogens is 1. The van der Waals surface area contributed by atoms with E-state index in [1.165, 1.54) is 44.2 Å². The molecule has 0 unspecified atom stereocenters. The molecule has 0 saturated heterocycles.